The summed E-state index contributed by atoms with van der Waals surface area (Å²) in [5.74, 6) is 2.70. The number of aliphatic hydroxyl groups excluding tert-OH is 1. The molecule has 0 saturated carbocycles. The molecule has 532 valence electrons. The van der Waals surface area contributed by atoms with Crippen LogP contribution in [0.25, 0.3) is 0 Å². The lowest BCUT2D eigenvalue weighted by atomic mass is 10.1. The molecule has 0 radical (unpaired) electrons. The minimum absolute atomic E-state index is 0.0504. The van der Waals surface area contributed by atoms with E-state index in [4.69, 9.17) is 53.1 Å². The Balaban J connectivity index is 0.000000281. The number of carbonyl (C=O) groups is 4. The van der Waals surface area contributed by atoms with Gasteiger partial charge in [-0.15, -0.1) is 0 Å². The van der Waals surface area contributed by atoms with Gasteiger partial charge in [-0.25, -0.2) is 19.2 Å². The van der Waals surface area contributed by atoms with Crippen molar-refractivity contribution in [3.8, 4) is 23.0 Å². The Morgan fingerprint density at radius 1 is 0.367 bits per heavy atom. The fraction of sp³-hybridized carbons (Fsp3) is 0.418. The van der Waals surface area contributed by atoms with Crippen LogP contribution in [0.3, 0.4) is 0 Å². The third-order valence-electron chi connectivity index (χ3n) is 13.3. The van der Waals surface area contributed by atoms with Gasteiger partial charge in [0.25, 0.3) is 0 Å². The first-order valence-corrected chi connectivity index (χ1v) is 32.8. The molecule has 7 rings (SSSR count). The molecule has 0 spiro atoms. The van der Waals surface area contributed by atoms with Gasteiger partial charge in [-0.1, -0.05) is 140 Å². The standard InChI is InChI=1S/C22H27NO5.C22H29NO4.C21H27NO4.C14H23NO2/c1-22(2,3)28-18-12-10-16(11-13-18)14-19(20(24)26-4)23-21(25)27-15-17-8-6-5-7-9-17;1-22(2,3)27-20-12-10-17(11-13-20)14-19(16-25-4)23-21(24)26-15-18-8-6-5-7-9-18;1-21(2,3)26-19-11-9-16(10-12-19)13-18(14-23)22-20(24)25-15-17-7-5-4-6-8-17;1-14(2,3)17-13-7-5-11(6-8-13)9-12(15)10-16-4/h5-13,19H,14-15H2,1-4H3,(H,23,25);5-13,19H,14-16H2,1-4H3,(H,23,24);4-12,18,23H,13-15H2,1-3H3,(H,22,24);5-8,12H,9-10,15H2,1-4H3/t2*19-;18-;12-/m0000/s1. The second-order valence-corrected chi connectivity index (χ2v) is 27.2. The zero-order chi connectivity index (χ0) is 72.2. The van der Waals surface area contributed by atoms with Gasteiger partial charge in [-0.05, 0) is 190 Å². The third-order valence-corrected chi connectivity index (χ3v) is 13.3. The molecule has 19 heteroatoms. The highest BCUT2D eigenvalue weighted by atomic mass is 16.6. The second-order valence-electron chi connectivity index (χ2n) is 27.2. The molecule has 98 heavy (non-hydrogen) atoms. The molecule has 0 aliphatic carbocycles. The summed E-state index contributed by atoms with van der Waals surface area (Å²) in [5, 5.41) is 17.7. The fourth-order valence-electron chi connectivity index (χ4n) is 9.19. The van der Waals surface area contributed by atoms with Crippen molar-refractivity contribution in [2.75, 3.05) is 41.2 Å². The van der Waals surface area contributed by atoms with Crippen molar-refractivity contribution < 1.29 is 71.7 Å². The first-order chi connectivity index (χ1) is 46.4. The fourth-order valence-corrected chi connectivity index (χ4v) is 9.19. The molecule has 0 aromatic heterocycles. The number of esters is 1. The number of nitrogens with two attached hydrogens (primary N) is 1. The normalized spacial score (nSPS) is 12.4. The topological polar surface area (TPSA) is 243 Å². The van der Waals surface area contributed by atoms with Crippen molar-refractivity contribution in [3.63, 3.8) is 0 Å². The molecule has 3 amide bonds. The average molecular weight is 1350 g/mol. The van der Waals surface area contributed by atoms with Crippen LogP contribution in [-0.2, 0) is 78.7 Å². The largest absolute Gasteiger partial charge is 0.488 e. The number of methoxy groups -OCH3 is 3. The highest BCUT2D eigenvalue weighted by Crippen LogP contribution is 2.23. The molecule has 0 unspecified atom stereocenters. The van der Waals surface area contributed by atoms with Crippen molar-refractivity contribution in [1.82, 2.24) is 16.0 Å². The van der Waals surface area contributed by atoms with Crippen LogP contribution >= 0.6 is 0 Å². The van der Waals surface area contributed by atoms with Crippen molar-refractivity contribution in [2.45, 2.75) is 175 Å². The maximum absolute atomic E-state index is 12.1. The summed E-state index contributed by atoms with van der Waals surface area (Å²) in [7, 11) is 4.57. The van der Waals surface area contributed by atoms with Crippen LogP contribution in [0.4, 0.5) is 14.4 Å². The number of benzene rings is 7. The van der Waals surface area contributed by atoms with E-state index in [-0.39, 0.29) is 67.3 Å². The molecule has 7 aromatic carbocycles. The number of carbonyl (C=O) groups excluding carboxylic acids is 4. The molecular weight excluding hydrogens is 1240 g/mol. The second kappa shape index (κ2) is 41.8. The predicted molar refractivity (Wildman–Crippen MR) is 384 cm³/mol. The van der Waals surface area contributed by atoms with Gasteiger partial charge >= 0.3 is 24.2 Å². The molecule has 19 nitrogen and oxygen atoms in total. The summed E-state index contributed by atoms with van der Waals surface area (Å²) in [5.41, 5.74) is 11.8. The van der Waals surface area contributed by atoms with Crippen molar-refractivity contribution in [3.05, 3.63) is 227 Å². The molecule has 0 aliphatic heterocycles. The van der Waals surface area contributed by atoms with Crippen LogP contribution in [0.5, 0.6) is 23.0 Å². The smallest absolute Gasteiger partial charge is 0.408 e. The zero-order valence-electron chi connectivity index (χ0n) is 60.0. The van der Waals surface area contributed by atoms with Crippen molar-refractivity contribution in [2.24, 2.45) is 5.73 Å². The number of alkyl carbamates (subject to hydrolysis) is 3. The van der Waals surface area contributed by atoms with Crippen LogP contribution in [0, 0.1) is 0 Å². The number of hydrogen-bond donors (Lipinski definition) is 5. The van der Waals surface area contributed by atoms with Crippen LogP contribution in [0.15, 0.2) is 188 Å². The van der Waals surface area contributed by atoms with Crippen LogP contribution < -0.4 is 40.6 Å². The first-order valence-electron chi connectivity index (χ1n) is 32.8. The molecule has 0 heterocycles. The summed E-state index contributed by atoms with van der Waals surface area (Å²) >= 11 is 0. The first kappa shape index (κ1) is 81.3. The van der Waals surface area contributed by atoms with Crippen LogP contribution in [0.2, 0.25) is 0 Å². The van der Waals surface area contributed by atoms with E-state index in [2.05, 4.69) is 28.1 Å². The Kier molecular flexibility index (Phi) is 34.7. The van der Waals surface area contributed by atoms with Crippen LogP contribution in [0.1, 0.15) is 122 Å². The number of nitrogens with one attached hydrogen (secondary N) is 3. The van der Waals surface area contributed by atoms with Gasteiger partial charge in [0, 0.05) is 26.7 Å². The van der Waals surface area contributed by atoms with Crippen molar-refractivity contribution >= 4 is 24.2 Å². The molecule has 6 N–H and O–H groups in total. The third kappa shape index (κ3) is 36.8. The summed E-state index contributed by atoms with van der Waals surface area (Å²) in [6.45, 7) is 25.4. The molecular formula is C79H106N4O15. The molecule has 4 atom stereocenters. The Labute approximate surface area is 581 Å². The molecule has 0 fully saturated rings. The summed E-state index contributed by atoms with van der Waals surface area (Å²) < 4.78 is 53.9. The number of amides is 3. The van der Waals surface area contributed by atoms with Gasteiger partial charge in [0.05, 0.1) is 39.0 Å². The van der Waals surface area contributed by atoms with E-state index in [1.165, 1.54) is 12.7 Å². The minimum atomic E-state index is -0.845. The maximum Gasteiger partial charge on any atom is 0.408 e. The average Bonchev–Trinajstić information content (AvgIpc) is 0.909. The summed E-state index contributed by atoms with van der Waals surface area (Å²) in [4.78, 5) is 48.2. The molecule has 7 aromatic rings. The van der Waals surface area contributed by atoms with Gasteiger partial charge in [0.2, 0.25) is 0 Å². The number of ether oxygens (including phenoxy) is 10. The van der Waals surface area contributed by atoms with Crippen LogP contribution in [-0.4, -0.2) is 117 Å². The SMILES string of the molecule is CC(C)(C)Oc1ccc(C[C@@H](CO)NC(=O)OCc2ccccc2)cc1.COC(=O)[C@H](Cc1ccc(OC(C)(C)C)cc1)NC(=O)OCc1ccccc1.COC[C@@H](N)Cc1ccc(OC(C)(C)C)cc1.COC[C@H](Cc1ccc(OC(C)(C)C)cc1)NC(=O)OCc1ccccc1. The van der Waals surface area contributed by atoms with Gasteiger partial charge < -0.3 is 74.2 Å². The Morgan fingerprint density at radius 3 is 0.949 bits per heavy atom. The van der Waals surface area contributed by atoms with E-state index in [1.807, 2.05) is 259 Å². The maximum atomic E-state index is 12.1. The van der Waals surface area contributed by atoms with E-state index >= 15 is 0 Å². The molecule has 0 saturated heterocycles. The van der Waals surface area contributed by atoms with Crippen molar-refractivity contribution in [1.29, 1.82) is 0 Å². The lowest BCUT2D eigenvalue weighted by Gasteiger charge is -2.22. The Morgan fingerprint density at radius 2 is 0.653 bits per heavy atom. The number of aliphatic hydroxyl groups is 1. The quantitative estimate of drug-likeness (QED) is 0.0237. The Bertz CT molecular complexity index is 3350. The van der Waals surface area contributed by atoms with Gasteiger partial charge in [0.15, 0.2) is 0 Å². The summed E-state index contributed by atoms with van der Waals surface area (Å²) in [6.07, 6.45) is 0.588. The van der Waals surface area contributed by atoms with Gasteiger partial charge in [0.1, 0.15) is 71.3 Å². The van der Waals surface area contributed by atoms with Gasteiger partial charge in [-0.3, -0.25) is 0 Å². The summed E-state index contributed by atoms with van der Waals surface area (Å²) in [6, 6.07) is 58.0. The lowest BCUT2D eigenvalue weighted by molar-refractivity contribution is -0.143. The zero-order valence-corrected chi connectivity index (χ0v) is 60.0. The Hall–Kier alpha value is -9.14. The predicted octanol–water partition coefficient (Wildman–Crippen LogP) is 14.3. The van der Waals surface area contributed by atoms with Gasteiger partial charge in [-0.2, -0.15) is 0 Å². The number of rotatable bonds is 27. The highest BCUT2D eigenvalue weighted by molar-refractivity contribution is 5.81. The molecule has 0 aliphatic rings. The van der Waals surface area contributed by atoms with E-state index < -0.39 is 36.3 Å². The molecule has 0 bridgehead atoms. The van der Waals surface area contributed by atoms with E-state index in [9.17, 15) is 24.3 Å². The minimum Gasteiger partial charge on any atom is -0.488 e. The van der Waals surface area contributed by atoms with E-state index in [1.54, 1.807) is 14.2 Å². The van der Waals surface area contributed by atoms with E-state index in [0.717, 1.165) is 62.8 Å². The highest BCUT2D eigenvalue weighted by Gasteiger charge is 2.24. The lowest BCUT2D eigenvalue weighted by Crippen LogP contribution is -2.43. The monoisotopic (exact) mass is 1350 g/mol. The number of hydrogen-bond acceptors (Lipinski definition) is 16. The van der Waals surface area contributed by atoms with E-state index in [0.29, 0.717) is 26.1 Å².